The zero-order valence-corrected chi connectivity index (χ0v) is 12.3. The molecule has 0 aliphatic carbocycles. The first-order valence-corrected chi connectivity index (χ1v) is 7.17. The Morgan fingerprint density at radius 2 is 2.18 bits per heavy atom. The number of para-hydroxylation sites is 1. The van der Waals surface area contributed by atoms with Crippen LogP contribution in [0.3, 0.4) is 0 Å². The minimum atomic E-state index is -0.604. The first kappa shape index (κ1) is 14.3. The predicted molar refractivity (Wildman–Crippen MR) is 87.6 cm³/mol. The number of aromatic nitrogens is 2. The second kappa shape index (κ2) is 5.99. The van der Waals surface area contributed by atoms with Gasteiger partial charge in [0.1, 0.15) is 0 Å². The van der Waals surface area contributed by atoms with Gasteiger partial charge in [0.15, 0.2) is 0 Å². The molecule has 0 radical (unpaired) electrons. The quantitative estimate of drug-likeness (QED) is 0.690. The maximum Gasteiger partial charge on any atom is 0.241 e. The van der Waals surface area contributed by atoms with Crippen LogP contribution in [0.1, 0.15) is 11.3 Å². The fourth-order valence-electron chi connectivity index (χ4n) is 2.49. The number of nitrogens with two attached hydrogens (primary N) is 1. The number of anilines is 1. The summed E-state index contributed by atoms with van der Waals surface area (Å²) in [5.41, 5.74) is 9.70. The molecular weight excluding hydrogens is 276 g/mol. The van der Waals surface area contributed by atoms with E-state index in [-0.39, 0.29) is 5.91 Å². The third-order valence-corrected chi connectivity index (χ3v) is 3.62. The lowest BCUT2D eigenvalue weighted by Gasteiger charge is -2.12. The monoisotopic (exact) mass is 294 g/mol. The van der Waals surface area contributed by atoms with E-state index in [0.717, 1.165) is 22.2 Å². The van der Waals surface area contributed by atoms with Crippen LogP contribution in [0.5, 0.6) is 0 Å². The van der Waals surface area contributed by atoms with Crippen molar-refractivity contribution in [1.29, 1.82) is 0 Å². The van der Waals surface area contributed by atoms with Crippen molar-refractivity contribution in [1.82, 2.24) is 9.97 Å². The highest BCUT2D eigenvalue weighted by Gasteiger charge is 2.16. The molecule has 1 amide bonds. The molecule has 5 heteroatoms. The van der Waals surface area contributed by atoms with E-state index >= 15 is 0 Å². The van der Waals surface area contributed by atoms with Gasteiger partial charge in [0, 0.05) is 34.7 Å². The number of fused-ring (bicyclic) bond motifs is 1. The van der Waals surface area contributed by atoms with Gasteiger partial charge < -0.3 is 16.0 Å². The van der Waals surface area contributed by atoms with Gasteiger partial charge in [-0.15, -0.1) is 0 Å². The molecule has 4 N–H and O–H groups in total. The van der Waals surface area contributed by atoms with Crippen LogP contribution in [0.25, 0.3) is 10.9 Å². The lowest BCUT2D eigenvalue weighted by molar-refractivity contribution is -0.117. The highest BCUT2D eigenvalue weighted by atomic mass is 16.2. The lowest BCUT2D eigenvalue weighted by atomic mass is 10.1. The number of pyridine rings is 1. The molecular formula is C17H18N4O. The van der Waals surface area contributed by atoms with Crippen molar-refractivity contribution in [2.24, 2.45) is 5.73 Å². The van der Waals surface area contributed by atoms with Gasteiger partial charge in [-0.3, -0.25) is 9.78 Å². The van der Waals surface area contributed by atoms with Gasteiger partial charge in [-0.2, -0.15) is 0 Å². The zero-order chi connectivity index (χ0) is 15.5. The van der Waals surface area contributed by atoms with Gasteiger partial charge in [-0.05, 0) is 37.1 Å². The molecule has 0 saturated heterocycles. The number of benzene rings is 1. The Labute approximate surface area is 128 Å². The van der Waals surface area contributed by atoms with Crippen LogP contribution in [0.15, 0.2) is 48.8 Å². The SMILES string of the molecule is Cc1cc(NC(=O)[C@@H](N)Cc2c[nH]c3ccccc23)ccn1. The summed E-state index contributed by atoms with van der Waals surface area (Å²) in [7, 11) is 0. The maximum absolute atomic E-state index is 12.2. The maximum atomic E-state index is 12.2. The molecule has 112 valence electrons. The van der Waals surface area contributed by atoms with Crippen molar-refractivity contribution in [3.05, 3.63) is 60.0 Å². The number of H-pyrrole nitrogens is 1. The molecule has 3 rings (SSSR count). The summed E-state index contributed by atoms with van der Waals surface area (Å²) in [6.45, 7) is 1.88. The Bertz CT molecular complexity index is 809. The number of nitrogens with one attached hydrogen (secondary N) is 2. The summed E-state index contributed by atoms with van der Waals surface area (Å²) in [6.07, 6.45) is 4.06. The van der Waals surface area contributed by atoms with Gasteiger partial charge in [-0.1, -0.05) is 18.2 Å². The van der Waals surface area contributed by atoms with E-state index in [4.69, 9.17) is 5.73 Å². The second-order valence-electron chi connectivity index (χ2n) is 5.35. The van der Waals surface area contributed by atoms with E-state index in [2.05, 4.69) is 15.3 Å². The molecule has 0 spiro atoms. The van der Waals surface area contributed by atoms with Gasteiger partial charge in [0.25, 0.3) is 0 Å². The molecule has 5 nitrogen and oxygen atoms in total. The minimum Gasteiger partial charge on any atom is -0.361 e. The van der Waals surface area contributed by atoms with Gasteiger partial charge in [-0.25, -0.2) is 0 Å². The lowest BCUT2D eigenvalue weighted by Crippen LogP contribution is -2.37. The van der Waals surface area contributed by atoms with Crippen molar-refractivity contribution < 1.29 is 4.79 Å². The molecule has 22 heavy (non-hydrogen) atoms. The highest BCUT2D eigenvalue weighted by Crippen LogP contribution is 2.19. The van der Waals surface area contributed by atoms with E-state index in [1.807, 2.05) is 43.5 Å². The van der Waals surface area contributed by atoms with E-state index in [0.29, 0.717) is 12.1 Å². The van der Waals surface area contributed by atoms with Crippen molar-refractivity contribution in [2.45, 2.75) is 19.4 Å². The molecule has 2 aromatic heterocycles. The summed E-state index contributed by atoms with van der Waals surface area (Å²) in [5.74, 6) is -0.198. The molecule has 0 unspecified atom stereocenters. The number of carbonyl (C=O) groups excluding carboxylic acids is 1. The molecule has 0 aliphatic rings. The number of carbonyl (C=O) groups is 1. The van der Waals surface area contributed by atoms with Gasteiger partial charge >= 0.3 is 0 Å². The Morgan fingerprint density at radius 1 is 1.36 bits per heavy atom. The Balaban J connectivity index is 1.71. The largest absolute Gasteiger partial charge is 0.361 e. The van der Waals surface area contributed by atoms with Crippen LogP contribution in [0.2, 0.25) is 0 Å². The van der Waals surface area contributed by atoms with Crippen LogP contribution in [0, 0.1) is 6.92 Å². The average molecular weight is 294 g/mol. The number of amides is 1. The first-order valence-electron chi connectivity index (χ1n) is 7.17. The van der Waals surface area contributed by atoms with Crippen molar-refractivity contribution in [3.8, 4) is 0 Å². The van der Waals surface area contributed by atoms with E-state index < -0.39 is 6.04 Å². The number of aryl methyl sites for hydroxylation is 1. The molecule has 0 aliphatic heterocycles. The summed E-state index contributed by atoms with van der Waals surface area (Å²) in [6, 6.07) is 10.9. The number of hydrogen-bond acceptors (Lipinski definition) is 3. The summed E-state index contributed by atoms with van der Waals surface area (Å²) >= 11 is 0. The summed E-state index contributed by atoms with van der Waals surface area (Å²) in [5, 5.41) is 3.93. The Morgan fingerprint density at radius 3 is 3.00 bits per heavy atom. The molecule has 0 bridgehead atoms. The highest BCUT2D eigenvalue weighted by molar-refractivity contribution is 5.95. The number of nitrogens with zero attached hydrogens (tertiary/aromatic N) is 1. The van der Waals surface area contributed by atoms with Crippen molar-refractivity contribution in [3.63, 3.8) is 0 Å². The van der Waals surface area contributed by atoms with Crippen LogP contribution in [-0.4, -0.2) is 21.9 Å². The molecule has 1 atom stereocenters. The zero-order valence-electron chi connectivity index (χ0n) is 12.3. The molecule has 3 aromatic rings. The smallest absolute Gasteiger partial charge is 0.241 e. The fourth-order valence-corrected chi connectivity index (χ4v) is 2.49. The third kappa shape index (κ3) is 2.99. The standard InChI is InChI=1S/C17H18N4O/c1-11-8-13(6-7-19-11)21-17(22)15(18)9-12-10-20-16-5-3-2-4-14(12)16/h2-8,10,15,20H,9,18H2,1H3,(H,19,21,22)/t15-/m0/s1. The molecule has 0 saturated carbocycles. The molecule has 1 aromatic carbocycles. The summed E-state index contributed by atoms with van der Waals surface area (Å²) in [4.78, 5) is 19.5. The van der Waals surface area contributed by atoms with Gasteiger partial charge in [0.2, 0.25) is 5.91 Å². The van der Waals surface area contributed by atoms with Crippen LogP contribution < -0.4 is 11.1 Å². The van der Waals surface area contributed by atoms with E-state index in [1.165, 1.54) is 0 Å². The first-order chi connectivity index (χ1) is 10.6. The van der Waals surface area contributed by atoms with Crippen LogP contribution in [-0.2, 0) is 11.2 Å². The number of rotatable bonds is 4. The third-order valence-electron chi connectivity index (χ3n) is 3.62. The molecule has 2 heterocycles. The Hall–Kier alpha value is -2.66. The normalized spacial score (nSPS) is 12.3. The predicted octanol–water partition coefficient (Wildman–Crippen LogP) is 2.38. The fraction of sp³-hybridized carbons (Fsp3) is 0.176. The minimum absolute atomic E-state index is 0.198. The Kier molecular flexibility index (Phi) is 3.89. The second-order valence-corrected chi connectivity index (χ2v) is 5.35. The topological polar surface area (TPSA) is 83.8 Å². The van der Waals surface area contributed by atoms with Crippen molar-refractivity contribution in [2.75, 3.05) is 5.32 Å². The number of hydrogen-bond donors (Lipinski definition) is 3. The van der Waals surface area contributed by atoms with Crippen LogP contribution >= 0.6 is 0 Å². The van der Waals surface area contributed by atoms with E-state index in [9.17, 15) is 4.79 Å². The summed E-state index contributed by atoms with van der Waals surface area (Å²) < 4.78 is 0. The number of aromatic amines is 1. The van der Waals surface area contributed by atoms with E-state index in [1.54, 1.807) is 12.3 Å². The van der Waals surface area contributed by atoms with Crippen LogP contribution in [0.4, 0.5) is 5.69 Å². The molecule has 0 fully saturated rings. The van der Waals surface area contributed by atoms with Gasteiger partial charge in [0.05, 0.1) is 6.04 Å². The average Bonchev–Trinajstić information content (AvgIpc) is 2.90. The van der Waals surface area contributed by atoms with Crippen molar-refractivity contribution >= 4 is 22.5 Å².